The lowest BCUT2D eigenvalue weighted by Gasteiger charge is -2.37. The summed E-state index contributed by atoms with van der Waals surface area (Å²) in [6.45, 7) is 6.17. The molecule has 1 aromatic rings. The van der Waals surface area contributed by atoms with Crippen LogP contribution < -0.4 is 10.9 Å². The molecule has 25 heavy (non-hydrogen) atoms. The predicted octanol–water partition coefficient (Wildman–Crippen LogP) is 0.775. The van der Waals surface area contributed by atoms with Crippen LogP contribution >= 0.6 is 0 Å². The summed E-state index contributed by atoms with van der Waals surface area (Å²) in [5.74, 6) is 0.232. The second-order valence-electron chi connectivity index (χ2n) is 7.28. The molecule has 3 aliphatic rings. The fourth-order valence-corrected chi connectivity index (χ4v) is 4.16. The summed E-state index contributed by atoms with van der Waals surface area (Å²) in [6, 6.07) is 10.3. The molecule has 6 heteroatoms. The molecule has 1 amide bonds. The Bertz CT molecular complexity index is 568. The molecule has 0 saturated carbocycles. The van der Waals surface area contributed by atoms with Crippen molar-refractivity contribution in [2.24, 2.45) is 5.92 Å². The number of ether oxygens (including phenoxy) is 1. The fraction of sp³-hybridized carbons (Fsp3) is 0.632. The Morgan fingerprint density at radius 3 is 2.68 bits per heavy atom. The van der Waals surface area contributed by atoms with Gasteiger partial charge in [0.15, 0.2) is 0 Å². The molecular weight excluding hydrogens is 316 g/mol. The van der Waals surface area contributed by atoms with Crippen molar-refractivity contribution in [3.05, 3.63) is 35.9 Å². The minimum Gasteiger partial charge on any atom is -0.377 e. The largest absolute Gasteiger partial charge is 0.377 e. The summed E-state index contributed by atoms with van der Waals surface area (Å²) in [7, 11) is 0. The van der Waals surface area contributed by atoms with Crippen LogP contribution in [0.15, 0.2) is 30.3 Å². The van der Waals surface area contributed by atoms with Gasteiger partial charge in [-0.1, -0.05) is 30.3 Å². The van der Waals surface area contributed by atoms with Gasteiger partial charge in [-0.3, -0.25) is 15.1 Å². The highest BCUT2D eigenvalue weighted by Crippen LogP contribution is 2.27. The van der Waals surface area contributed by atoms with E-state index in [9.17, 15) is 4.79 Å². The number of piperazine rings is 1. The molecule has 3 heterocycles. The summed E-state index contributed by atoms with van der Waals surface area (Å²) >= 11 is 0. The maximum Gasteiger partial charge on any atom is 0.229 e. The number of amides is 1. The van der Waals surface area contributed by atoms with Gasteiger partial charge in [0.05, 0.1) is 18.1 Å². The molecular formula is C19H28N4O2. The van der Waals surface area contributed by atoms with Gasteiger partial charge in [0.2, 0.25) is 5.91 Å². The minimum atomic E-state index is -0.0351. The summed E-state index contributed by atoms with van der Waals surface area (Å²) in [5, 5.41) is 0. The quantitative estimate of drug-likeness (QED) is 0.845. The molecule has 136 valence electrons. The van der Waals surface area contributed by atoms with Crippen molar-refractivity contribution >= 4 is 5.91 Å². The van der Waals surface area contributed by atoms with Gasteiger partial charge in [0.1, 0.15) is 0 Å². The van der Waals surface area contributed by atoms with Crippen LogP contribution in [0, 0.1) is 5.92 Å². The minimum absolute atomic E-state index is 0.0351. The Morgan fingerprint density at radius 1 is 1.16 bits per heavy atom. The zero-order chi connectivity index (χ0) is 17.1. The lowest BCUT2D eigenvalue weighted by Crippen LogP contribution is -2.52. The van der Waals surface area contributed by atoms with Crippen molar-refractivity contribution in [3.63, 3.8) is 0 Å². The van der Waals surface area contributed by atoms with Crippen molar-refractivity contribution < 1.29 is 9.53 Å². The number of benzene rings is 1. The van der Waals surface area contributed by atoms with Crippen LogP contribution in [0.1, 0.15) is 24.4 Å². The van der Waals surface area contributed by atoms with E-state index in [1.165, 1.54) is 18.4 Å². The lowest BCUT2D eigenvalue weighted by atomic mass is 9.93. The van der Waals surface area contributed by atoms with Gasteiger partial charge in [0.25, 0.3) is 0 Å². The Labute approximate surface area is 149 Å². The first-order valence-electron chi connectivity index (χ1n) is 9.47. The van der Waals surface area contributed by atoms with Gasteiger partial charge in [-0.05, 0) is 18.4 Å². The number of carbonyl (C=O) groups is 1. The monoisotopic (exact) mass is 344 g/mol. The van der Waals surface area contributed by atoms with E-state index >= 15 is 0 Å². The second kappa shape index (κ2) is 7.83. The van der Waals surface area contributed by atoms with Crippen molar-refractivity contribution in [1.82, 2.24) is 20.7 Å². The molecule has 6 nitrogen and oxygen atoms in total. The Hall–Kier alpha value is -1.47. The van der Waals surface area contributed by atoms with Crippen molar-refractivity contribution in [1.29, 1.82) is 0 Å². The number of hydrazine groups is 1. The standard InChI is InChI=1S/C19H28N4O2/c24-19(17-13-20-21-18(17)15-5-2-1-3-6-15)23-10-8-22(9-11-23)14-16-7-4-12-25-16/h1-3,5-6,16-18,20-21H,4,7-14H2. The molecule has 0 spiro atoms. The summed E-state index contributed by atoms with van der Waals surface area (Å²) in [5.41, 5.74) is 7.62. The van der Waals surface area contributed by atoms with Gasteiger partial charge < -0.3 is 9.64 Å². The van der Waals surface area contributed by atoms with Crippen molar-refractivity contribution in [3.8, 4) is 0 Å². The molecule has 0 radical (unpaired) electrons. The molecule has 1 aromatic carbocycles. The van der Waals surface area contributed by atoms with Crippen LogP contribution in [0.4, 0.5) is 0 Å². The first kappa shape index (κ1) is 17.0. The normalized spacial score (nSPS) is 30.7. The Morgan fingerprint density at radius 2 is 1.96 bits per heavy atom. The van der Waals surface area contributed by atoms with E-state index in [1.807, 2.05) is 23.1 Å². The van der Waals surface area contributed by atoms with Gasteiger partial charge in [-0.2, -0.15) is 0 Å². The number of carbonyl (C=O) groups excluding carboxylic acids is 1. The van der Waals surface area contributed by atoms with Crippen LogP contribution in [0.5, 0.6) is 0 Å². The molecule has 0 aromatic heterocycles. The van der Waals surface area contributed by atoms with Gasteiger partial charge in [0, 0.05) is 45.9 Å². The molecule has 3 unspecified atom stereocenters. The molecule has 3 saturated heterocycles. The maximum atomic E-state index is 13.0. The third-order valence-electron chi connectivity index (χ3n) is 5.63. The molecule has 3 atom stereocenters. The maximum absolute atomic E-state index is 13.0. The summed E-state index contributed by atoms with van der Waals surface area (Å²) in [6.07, 6.45) is 2.76. The van der Waals surface area contributed by atoms with Crippen LogP contribution in [0.3, 0.4) is 0 Å². The highest BCUT2D eigenvalue weighted by Gasteiger charge is 2.37. The van der Waals surface area contributed by atoms with Gasteiger partial charge >= 0.3 is 0 Å². The first-order chi connectivity index (χ1) is 12.3. The van der Waals surface area contributed by atoms with E-state index in [-0.39, 0.29) is 17.9 Å². The highest BCUT2D eigenvalue weighted by molar-refractivity contribution is 5.80. The molecule has 3 aliphatic heterocycles. The molecule has 0 bridgehead atoms. The highest BCUT2D eigenvalue weighted by atomic mass is 16.5. The zero-order valence-corrected chi connectivity index (χ0v) is 14.7. The first-order valence-corrected chi connectivity index (χ1v) is 9.47. The van der Waals surface area contributed by atoms with Crippen LogP contribution in [0.2, 0.25) is 0 Å². The Kier molecular flexibility index (Phi) is 5.31. The van der Waals surface area contributed by atoms with Crippen LogP contribution in [0.25, 0.3) is 0 Å². The number of hydrogen-bond acceptors (Lipinski definition) is 5. The molecule has 2 N–H and O–H groups in total. The molecule has 4 rings (SSSR count). The zero-order valence-electron chi connectivity index (χ0n) is 14.7. The van der Waals surface area contributed by atoms with Crippen molar-refractivity contribution in [2.75, 3.05) is 45.9 Å². The third kappa shape index (κ3) is 3.87. The van der Waals surface area contributed by atoms with E-state index in [0.717, 1.165) is 39.3 Å². The van der Waals surface area contributed by atoms with Crippen molar-refractivity contribution in [2.45, 2.75) is 25.0 Å². The van der Waals surface area contributed by atoms with Gasteiger partial charge in [-0.15, -0.1) is 0 Å². The van der Waals surface area contributed by atoms with E-state index in [1.54, 1.807) is 0 Å². The van der Waals surface area contributed by atoms with E-state index < -0.39 is 0 Å². The van der Waals surface area contributed by atoms with Crippen LogP contribution in [-0.2, 0) is 9.53 Å². The predicted molar refractivity (Wildman–Crippen MR) is 95.8 cm³/mol. The van der Waals surface area contributed by atoms with E-state index in [0.29, 0.717) is 12.6 Å². The number of nitrogens with one attached hydrogen (secondary N) is 2. The van der Waals surface area contributed by atoms with Crippen LogP contribution in [-0.4, -0.2) is 67.7 Å². The second-order valence-corrected chi connectivity index (χ2v) is 7.28. The topological polar surface area (TPSA) is 56.8 Å². The smallest absolute Gasteiger partial charge is 0.229 e. The number of rotatable bonds is 4. The SMILES string of the molecule is O=C(C1CNNC1c1ccccc1)N1CCN(CC2CCCO2)CC1. The van der Waals surface area contributed by atoms with E-state index in [4.69, 9.17) is 4.74 Å². The summed E-state index contributed by atoms with van der Waals surface area (Å²) in [4.78, 5) is 17.5. The number of nitrogens with zero attached hydrogens (tertiary/aromatic N) is 2. The van der Waals surface area contributed by atoms with E-state index in [2.05, 4.69) is 27.9 Å². The lowest BCUT2D eigenvalue weighted by molar-refractivity contribution is -0.137. The Balaban J connectivity index is 1.32. The number of hydrogen-bond donors (Lipinski definition) is 2. The molecule has 0 aliphatic carbocycles. The third-order valence-corrected chi connectivity index (χ3v) is 5.63. The average molecular weight is 344 g/mol. The van der Waals surface area contributed by atoms with Gasteiger partial charge in [-0.25, -0.2) is 5.43 Å². The summed E-state index contributed by atoms with van der Waals surface area (Å²) < 4.78 is 5.74. The molecule has 3 fully saturated rings. The fourth-order valence-electron chi connectivity index (χ4n) is 4.16. The average Bonchev–Trinajstić information content (AvgIpc) is 3.34.